The van der Waals surface area contributed by atoms with Crippen molar-refractivity contribution in [1.29, 1.82) is 10.7 Å². The number of nitriles is 1. The molecule has 3 aromatic rings. The highest BCUT2D eigenvalue weighted by Gasteiger charge is 2.24. The van der Waals surface area contributed by atoms with Gasteiger partial charge < -0.3 is 23.9 Å². The lowest BCUT2D eigenvalue weighted by atomic mass is 9.92. The fraction of sp³-hybridized carbons (Fsp3) is 0.250. The summed E-state index contributed by atoms with van der Waals surface area (Å²) in [5, 5.41) is 28.9. The molecule has 2 aromatic carbocycles. The third kappa shape index (κ3) is 3.21. The van der Waals surface area contributed by atoms with Crippen LogP contribution in [0.2, 0.25) is 0 Å². The summed E-state index contributed by atoms with van der Waals surface area (Å²) in [6.45, 7) is 1.81. The first kappa shape index (κ1) is 20.5. The summed E-state index contributed by atoms with van der Waals surface area (Å²) >= 11 is 3.35. The van der Waals surface area contributed by atoms with E-state index < -0.39 is 0 Å². The summed E-state index contributed by atoms with van der Waals surface area (Å²) in [7, 11) is 1.47. The number of fused-ring (bicyclic) bond motifs is 4. The number of methoxy groups -OCH3 is 1. The summed E-state index contributed by atoms with van der Waals surface area (Å²) in [6, 6.07) is 11.5. The molecule has 0 unspecified atom stereocenters. The Kier molecular flexibility index (Phi) is 5.06. The fourth-order valence-corrected chi connectivity index (χ4v) is 4.72. The molecule has 0 saturated heterocycles. The maximum atomic E-state index is 10.2. The second-order valence-corrected chi connectivity index (χ2v) is 8.55. The minimum atomic E-state index is -0.0154. The molecule has 32 heavy (non-hydrogen) atoms. The average molecular weight is 494 g/mol. The van der Waals surface area contributed by atoms with Crippen LogP contribution in [0.3, 0.4) is 0 Å². The minimum Gasteiger partial charge on any atom is -0.503 e. The third-order valence-electron chi connectivity index (χ3n) is 5.87. The SMILES string of the molecule is COc1cc(-c2cc3n(c(=N)c2C#N)CCc2cc4c(cc2-3)OCCCO4)cc(Br)c1O. The number of aromatic nitrogens is 1. The van der Waals surface area contributed by atoms with Crippen molar-refractivity contribution in [2.75, 3.05) is 20.3 Å². The first-order valence-corrected chi connectivity index (χ1v) is 11.0. The van der Waals surface area contributed by atoms with E-state index in [0.717, 1.165) is 35.4 Å². The largest absolute Gasteiger partial charge is 0.503 e. The molecule has 8 heteroatoms. The Morgan fingerprint density at radius 3 is 2.59 bits per heavy atom. The number of aromatic hydroxyl groups is 1. The molecule has 0 spiro atoms. The lowest BCUT2D eigenvalue weighted by Gasteiger charge is -2.25. The standard InChI is InChI=1S/C24H20BrN3O4/c1-30-22-9-14(7-18(25)23(22)29)15-10-19-16-11-21-20(31-5-2-6-32-21)8-13(16)3-4-28(19)24(27)17(15)12-26/h7-11,27,29H,2-6H2,1H3. The highest BCUT2D eigenvalue weighted by atomic mass is 79.9. The van der Waals surface area contributed by atoms with Crippen LogP contribution in [0.1, 0.15) is 17.5 Å². The number of pyridine rings is 1. The summed E-state index contributed by atoms with van der Waals surface area (Å²) in [5.41, 5.74) is 4.61. The molecule has 0 radical (unpaired) electrons. The molecule has 2 N–H and O–H groups in total. The number of rotatable bonds is 2. The molecular weight excluding hydrogens is 474 g/mol. The van der Waals surface area contributed by atoms with Gasteiger partial charge >= 0.3 is 0 Å². The number of halogens is 1. The summed E-state index contributed by atoms with van der Waals surface area (Å²) in [5.74, 6) is 1.72. The van der Waals surface area contributed by atoms with Crippen molar-refractivity contribution in [3.05, 3.63) is 51.4 Å². The molecule has 0 fully saturated rings. The number of ether oxygens (including phenoxy) is 3. The Balaban J connectivity index is 1.76. The molecule has 0 saturated carbocycles. The minimum absolute atomic E-state index is 0.0154. The Morgan fingerprint density at radius 1 is 1.12 bits per heavy atom. The molecule has 0 aliphatic carbocycles. The molecule has 162 valence electrons. The highest BCUT2D eigenvalue weighted by Crippen LogP contribution is 2.42. The summed E-state index contributed by atoms with van der Waals surface area (Å²) in [4.78, 5) is 0. The third-order valence-corrected chi connectivity index (χ3v) is 6.48. The zero-order valence-electron chi connectivity index (χ0n) is 17.4. The topological polar surface area (TPSA) is 100 Å². The number of benzene rings is 2. The predicted molar refractivity (Wildman–Crippen MR) is 121 cm³/mol. The van der Waals surface area contributed by atoms with Crippen molar-refractivity contribution < 1.29 is 19.3 Å². The molecule has 0 bridgehead atoms. The van der Waals surface area contributed by atoms with Crippen LogP contribution in [0.4, 0.5) is 0 Å². The van der Waals surface area contributed by atoms with Gasteiger partial charge in [-0.2, -0.15) is 5.26 Å². The number of phenolic OH excluding ortho intramolecular Hbond substituents is 1. The van der Waals surface area contributed by atoms with Crippen LogP contribution in [0.5, 0.6) is 23.0 Å². The van der Waals surface area contributed by atoms with Crippen LogP contribution in [0, 0.1) is 16.7 Å². The van der Waals surface area contributed by atoms with Gasteiger partial charge in [-0.3, -0.25) is 5.41 Å². The number of nitrogens with one attached hydrogen (secondary N) is 1. The van der Waals surface area contributed by atoms with Gasteiger partial charge in [0, 0.05) is 24.1 Å². The first-order chi connectivity index (χ1) is 15.5. The van der Waals surface area contributed by atoms with Gasteiger partial charge in [-0.05, 0) is 63.8 Å². The normalized spacial score (nSPS) is 14.0. The van der Waals surface area contributed by atoms with Crippen molar-refractivity contribution in [2.24, 2.45) is 0 Å². The fourth-order valence-electron chi connectivity index (χ4n) is 4.28. The Bertz CT molecular complexity index is 1360. The van der Waals surface area contributed by atoms with Crippen LogP contribution >= 0.6 is 15.9 Å². The molecule has 0 atom stereocenters. The number of nitrogens with zero attached hydrogens (tertiary/aromatic N) is 2. The van der Waals surface area contributed by atoms with Crippen molar-refractivity contribution in [1.82, 2.24) is 4.57 Å². The molecule has 3 heterocycles. The highest BCUT2D eigenvalue weighted by molar-refractivity contribution is 9.10. The Morgan fingerprint density at radius 2 is 1.88 bits per heavy atom. The zero-order chi connectivity index (χ0) is 22.4. The van der Waals surface area contributed by atoms with Gasteiger partial charge in [-0.1, -0.05) is 0 Å². The van der Waals surface area contributed by atoms with E-state index in [1.807, 2.05) is 22.8 Å². The maximum absolute atomic E-state index is 10.2. The van der Waals surface area contributed by atoms with Gasteiger partial charge in [0.1, 0.15) is 17.1 Å². The monoisotopic (exact) mass is 493 g/mol. The Labute approximate surface area is 193 Å². The van der Waals surface area contributed by atoms with Gasteiger partial charge in [0.2, 0.25) is 0 Å². The lowest BCUT2D eigenvalue weighted by Crippen LogP contribution is -2.28. The number of phenols is 1. The second-order valence-electron chi connectivity index (χ2n) is 7.70. The van der Waals surface area contributed by atoms with Gasteiger partial charge in [-0.25, -0.2) is 0 Å². The number of hydrogen-bond donors (Lipinski definition) is 2. The van der Waals surface area contributed by atoms with E-state index in [1.165, 1.54) is 7.11 Å². The lowest BCUT2D eigenvalue weighted by molar-refractivity contribution is 0.297. The maximum Gasteiger partial charge on any atom is 0.172 e. The molecule has 7 nitrogen and oxygen atoms in total. The summed E-state index contributed by atoms with van der Waals surface area (Å²) in [6.07, 6.45) is 1.56. The van der Waals surface area contributed by atoms with Crippen LogP contribution in [-0.4, -0.2) is 30.0 Å². The smallest absolute Gasteiger partial charge is 0.172 e. The molecule has 2 aliphatic rings. The summed E-state index contributed by atoms with van der Waals surface area (Å²) < 4.78 is 19.3. The van der Waals surface area contributed by atoms with Crippen molar-refractivity contribution in [3.8, 4) is 51.5 Å². The number of hydrogen-bond acceptors (Lipinski definition) is 6. The van der Waals surface area contributed by atoms with Gasteiger partial charge in [0.15, 0.2) is 23.0 Å². The van der Waals surface area contributed by atoms with E-state index in [-0.39, 0.29) is 22.6 Å². The predicted octanol–water partition coefficient (Wildman–Crippen LogP) is 4.37. The molecule has 5 rings (SSSR count). The first-order valence-electron chi connectivity index (χ1n) is 10.2. The molecule has 0 amide bonds. The van der Waals surface area contributed by atoms with E-state index in [4.69, 9.17) is 19.6 Å². The molecule has 2 aliphatic heterocycles. The quantitative estimate of drug-likeness (QED) is 0.551. The zero-order valence-corrected chi connectivity index (χ0v) is 19.0. The Hall–Kier alpha value is -3.44. The van der Waals surface area contributed by atoms with E-state index in [9.17, 15) is 10.4 Å². The van der Waals surface area contributed by atoms with Crippen LogP contribution in [0.15, 0.2) is 34.8 Å². The average Bonchev–Trinajstić information content (AvgIpc) is 3.04. The second kappa shape index (κ2) is 7.92. The van der Waals surface area contributed by atoms with Crippen LogP contribution in [-0.2, 0) is 13.0 Å². The van der Waals surface area contributed by atoms with Crippen molar-refractivity contribution in [2.45, 2.75) is 19.4 Å². The molecular formula is C24H20BrN3O4. The van der Waals surface area contributed by atoms with E-state index in [2.05, 4.69) is 22.0 Å². The van der Waals surface area contributed by atoms with Gasteiger partial charge in [0.25, 0.3) is 0 Å². The van der Waals surface area contributed by atoms with Gasteiger partial charge in [-0.15, -0.1) is 0 Å². The van der Waals surface area contributed by atoms with Crippen LogP contribution in [0.25, 0.3) is 22.4 Å². The van der Waals surface area contributed by atoms with Gasteiger partial charge in [0.05, 0.1) is 30.5 Å². The van der Waals surface area contributed by atoms with Crippen LogP contribution < -0.4 is 19.7 Å². The van der Waals surface area contributed by atoms with E-state index in [0.29, 0.717) is 41.1 Å². The van der Waals surface area contributed by atoms with E-state index in [1.54, 1.807) is 12.1 Å². The van der Waals surface area contributed by atoms with Crippen molar-refractivity contribution >= 4 is 15.9 Å². The van der Waals surface area contributed by atoms with Crippen molar-refractivity contribution in [3.63, 3.8) is 0 Å². The number of aryl methyl sites for hydroxylation is 1. The molecule has 1 aromatic heterocycles. The van der Waals surface area contributed by atoms with E-state index >= 15 is 0 Å².